The minimum atomic E-state index is 0.258. The van der Waals surface area contributed by atoms with E-state index >= 15 is 0 Å². The molecule has 138 valence electrons. The zero-order valence-electron chi connectivity index (χ0n) is 15.1. The number of nitrogens with zero attached hydrogens (tertiary/aromatic N) is 2. The van der Waals surface area contributed by atoms with Crippen LogP contribution in [0.1, 0.15) is 24.0 Å². The SMILES string of the molecule is COc1ccc(CN(Cc2cccnc2)C(=S)NC[C@H]2CCCO2)cc1. The molecule has 1 saturated heterocycles. The first-order valence-corrected chi connectivity index (χ1v) is 9.31. The summed E-state index contributed by atoms with van der Waals surface area (Å²) in [5.41, 5.74) is 2.30. The molecule has 1 fully saturated rings. The van der Waals surface area contributed by atoms with Crippen LogP contribution in [0.5, 0.6) is 5.75 Å². The first-order chi connectivity index (χ1) is 12.7. The number of benzene rings is 1. The van der Waals surface area contributed by atoms with Gasteiger partial charge in [0.1, 0.15) is 5.75 Å². The Kier molecular flexibility index (Phi) is 6.80. The van der Waals surface area contributed by atoms with Gasteiger partial charge in [-0.3, -0.25) is 4.98 Å². The number of pyridine rings is 1. The van der Waals surface area contributed by atoms with Crippen LogP contribution in [0.15, 0.2) is 48.8 Å². The fourth-order valence-corrected chi connectivity index (χ4v) is 3.19. The summed E-state index contributed by atoms with van der Waals surface area (Å²) < 4.78 is 10.9. The normalized spacial score (nSPS) is 16.3. The van der Waals surface area contributed by atoms with Crippen molar-refractivity contribution in [3.8, 4) is 5.75 Å². The van der Waals surface area contributed by atoms with E-state index in [4.69, 9.17) is 21.7 Å². The second-order valence-electron chi connectivity index (χ2n) is 6.39. The largest absolute Gasteiger partial charge is 0.497 e. The first-order valence-electron chi connectivity index (χ1n) is 8.91. The molecule has 1 aromatic heterocycles. The molecular weight excluding hydrogens is 346 g/mol. The molecule has 0 saturated carbocycles. The van der Waals surface area contributed by atoms with Crippen LogP contribution in [0.3, 0.4) is 0 Å². The van der Waals surface area contributed by atoms with Gasteiger partial charge in [-0.1, -0.05) is 18.2 Å². The summed E-state index contributed by atoms with van der Waals surface area (Å²) in [7, 11) is 1.67. The summed E-state index contributed by atoms with van der Waals surface area (Å²) in [6, 6.07) is 12.1. The van der Waals surface area contributed by atoms with Crippen LogP contribution in [0.4, 0.5) is 0 Å². The average Bonchev–Trinajstić information content (AvgIpc) is 3.20. The van der Waals surface area contributed by atoms with Gasteiger partial charge in [0.2, 0.25) is 0 Å². The van der Waals surface area contributed by atoms with E-state index < -0.39 is 0 Å². The van der Waals surface area contributed by atoms with E-state index in [1.165, 1.54) is 5.56 Å². The lowest BCUT2D eigenvalue weighted by atomic mass is 10.2. The predicted octanol–water partition coefficient (Wildman–Crippen LogP) is 3.15. The summed E-state index contributed by atoms with van der Waals surface area (Å²) in [5.74, 6) is 0.853. The Morgan fingerprint density at radius 2 is 2.08 bits per heavy atom. The Bertz CT molecular complexity index is 688. The number of thiocarbonyl (C=S) groups is 1. The van der Waals surface area contributed by atoms with Crippen molar-refractivity contribution >= 4 is 17.3 Å². The van der Waals surface area contributed by atoms with Gasteiger partial charge in [0.25, 0.3) is 0 Å². The third-order valence-corrected chi connectivity index (χ3v) is 4.82. The fourth-order valence-electron chi connectivity index (χ4n) is 2.98. The molecule has 6 heteroatoms. The van der Waals surface area contributed by atoms with Gasteiger partial charge in [-0.25, -0.2) is 0 Å². The van der Waals surface area contributed by atoms with E-state index in [-0.39, 0.29) is 6.10 Å². The quantitative estimate of drug-likeness (QED) is 0.755. The maximum absolute atomic E-state index is 5.68. The summed E-state index contributed by atoms with van der Waals surface area (Å²) >= 11 is 5.67. The molecule has 1 aliphatic rings. The van der Waals surface area contributed by atoms with E-state index in [0.717, 1.165) is 49.0 Å². The second-order valence-corrected chi connectivity index (χ2v) is 6.77. The van der Waals surface area contributed by atoms with Gasteiger partial charge in [0, 0.05) is 38.6 Å². The smallest absolute Gasteiger partial charge is 0.169 e. The molecule has 0 aliphatic carbocycles. The molecule has 3 rings (SSSR count). The zero-order chi connectivity index (χ0) is 18.2. The van der Waals surface area contributed by atoms with Crippen molar-refractivity contribution < 1.29 is 9.47 Å². The third kappa shape index (κ3) is 5.41. The van der Waals surface area contributed by atoms with E-state index in [2.05, 4.69) is 33.4 Å². The van der Waals surface area contributed by atoms with Gasteiger partial charge in [0.05, 0.1) is 13.2 Å². The van der Waals surface area contributed by atoms with Crippen LogP contribution in [-0.2, 0) is 17.8 Å². The van der Waals surface area contributed by atoms with Crippen molar-refractivity contribution in [1.82, 2.24) is 15.2 Å². The third-order valence-electron chi connectivity index (χ3n) is 4.42. The second kappa shape index (κ2) is 9.50. The van der Waals surface area contributed by atoms with Crippen LogP contribution in [0, 0.1) is 0 Å². The molecule has 0 bridgehead atoms. The van der Waals surface area contributed by atoms with Gasteiger partial charge >= 0.3 is 0 Å². The van der Waals surface area contributed by atoms with E-state index in [1.807, 2.05) is 24.4 Å². The Morgan fingerprint density at radius 1 is 1.27 bits per heavy atom. The van der Waals surface area contributed by atoms with E-state index in [9.17, 15) is 0 Å². The standard InChI is InChI=1S/C20H25N3O2S/c1-24-18-8-6-16(7-9-18)14-23(15-17-4-2-10-21-12-17)20(26)22-13-19-5-3-11-25-19/h2,4,6-10,12,19H,3,5,11,13-15H2,1H3,(H,22,26)/t19-/m1/s1. The number of rotatable bonds is 7. The highest BCUT2D eigenvalue weighted by molar-refractivity contribution is 7.80. The van der Waals surface area contributed by atoms with Gasteiger partial charge in [0.15, 0.2) is 5.11 Å². The Balaban J connectivity index is 1.66. The molecule has 0 spiro atoms. The summed E-state index contributed by atoms with van der Waals surface area (Å²) in [4.78, 5) is 6.36. The Hall–Kier alpha value is -2.18. The number of hydrogen-bond acceptors (Lipinski definition) is 4. The predicted molar refractivity (Wildman–Crippen MR) is 106 cm³/mol. The fraction of sp³-hybridized carbons (Fsp3) is 0.400. The topological polar surface area (TPSA) is 46.6 Å². The number of hydrogen-bond donors (Lipinski definition) is 1. The van der Waals surface area contributed by atoms with Crippen LogP contribution in [0.25, 0.3) is 0 Å². The van der Waals surface area contributed by atoms with E-state index in [1.54, 1.807) is 13.3 Å². The van der Waals surface area contributed by atoms with Gasteiger partial charge < -0.3 is 19.7 Å². The molecule has 1 aromatic carbocycles. The summed E-state index contributed by atoms with van der Waals surface area (Å²) in [5, 5.41) is 4.11. The van der Waals surface area contributed by atoms with Crippen molar-refractivity contribution in [2.45, 2.75) is 32.0 Å². The molecule has 2 aromatic rings. The highest BCUT2D eigenvalue weighted by atomic mass is 32.1. The highest BCUT2D eigenvalue weighted by Gasteiger charge is 2.17. The minimum Gasteiger partial charge on any atom is -0.497 e. The van der Waals surface area contributed by atoms with Crippen LogP contribution < -0.4 is 10.1 Å². The summed E-state index contributed by atoms with van der Waals surface area (Å²) in [6.45, 7) is 3.03. The Labute approximate surface area is 160 Å². The van der Waals surface area contributed by atoms with Crippen LogP contribution >= 0.6 is 12.2 Å². The molecule has 0 radical (unpaired) electrons. The highest BCUT2D eigenvalue weighted by Crippen LogP contribution is 2.15. The van der Waals surface area contributed by atoms with Gasteiger partial charge in [-0.05, 0) is 54.4 Å². The molecular formula is C20H25N3O2S. The number of aromatic nitrogens is 1. The summed E-state index contributed by atoms with van der Waals surface area (Å²) in [6.07, 6.45) is 6.14. The van der Waals surface area contributed by atoms with E-state index in [0.29, 0.717) is 6.54 Å². The lowest BCUT2D eigenvalue weighted by molar-refractivity contribution is 0.113. The maximum Gasteiger partial charge on any atom is 0.169 e. The van der Waals surface area contributed by atoms with Crippen LogP contribution in [-0.4, -0.2) is 41.4 Å². The monoisotopic (exact) mass is 371 g/mol. The molecule has 26 heavy (non-hydrogen) atoms. The lowest BCUT2D eigenvalue weighted by Gasteiger charge is -2.27. The van der Waals surface area contributed by atoms with Crippen molar-refractivity contribution in [2.75, 3.05) is 20.3 Å². The molecule has 1 N–H and O–H groups in total. The van der Waals surface area contributed by atoms with Crippen molar-refractivity contribution in [3.05, 3.63) is 59.9 Å². The van der Waals surface area contributed by atoms with Crippen LogP contribution in [0.2, 0.25) is 0 Å². The molecule has 0 unspecified atom stereocenters. The van der Waals surface area contributed by atoms with Crippen molar-refractivity contribution in [2.24, 2.45) is 0 Å². The molecule has 2 heterocycles. The van der Waals surface area contributed by atoms with Gasteiger partial charge in [-0.2, -0.15) is 0 Å². The minimum absolute atomic E-state index is 0.258. The first kappa shape index (κ1) is 18.6. The molecule has 0 amide bonds. The average molecular weight is 372 g/mol. The number of methoxy groups -OCH3 is 1. The van der Waals surface area contributed by atoms with Crippen molar-refractivity contribution in [3.63, 3.8) is 0 Å². The number of nitrogens with one attached hydrogen (secondary N) is 1. The maximum atomic E-state index is 5.68. The van der Waals surface area contributed by atoms with Gasteiger partial charge in [-0.15, -0.1) is 0 Å². The lowest BCUT2D eigenvalue weighted by Crippen LogP contribution is -2.42. The van der Waals surface area contributed by atoms with Crippen molar-refractivity contribution in [1.29, 1.82) is 0 Å². The zero-order valence-corrected chi connectivity index (χ0v) is 15.9. The number of ether oxygens (including phenoxy) is 2. The molecule has 1 aliphatic heterocycles. The Morgan fingerprint density at radius 3 is 2.73 bits per heavy atom. The molecule has 5 nitrogen and oxygen atoms in total. The molecule has 1 atom stereocenters.